The first-order valence-corrected chi connectivity index (χ1v) is 15.5. The molecule has 0 saturated heterocycles. The molecular weight excluding hydrogens is 508 g/mol. The Hall–Kier alpha value is -1.81. The first kappa shape index (κ1) is 36.2. The van der Waals surface area contributed by atoms with Crippen molar-refractivity contribution in [2.24, 2.45) is 0 Å². The molecule has 10 heteroatoms. The van der Waals surface area contributed by atoms with Gasteiger partial charge in [-0.1, -0.05) is 84.0 Å². The van der Waals surface area contributed by atoms with Crippen molar-refractivity contribution in [3.63, 3.8) is 0 Å². The van der Waals surface area contributed by atoms with Crippen LogP contribution in [0.3, 0.4) is 0 Å². The van der Waals surface area contributed by atoms with Crippen molar-refractivity contribution in [3.05, 3.63) is 0 Å². The molecule has 2 unspecified atom stereocenters. The minimum absolute atomic E-state index is 0.175. The summed E-state index contributed by atoms with van der Waals surface area (Å²) in [5.74, 6) is -0.997. The maximum Gasteiger partial charge on any atom is 0.330 e. The monoisotopic (exact) mass is 560 g/mol. The number of hydrogen-bond acceptors (Lipinski definition) is 8. The van der Waals surface area contributed by atoms with Crippen LogP contribution in [0.4, 0.5) is 0 Å². The highest BCUT2D eigenvalue weighted by Crippen LogP contribution is 2.13. The summed E-state index contributed by atoms with van der Waals surface area (Å²) in [6, 6.07) is -2.06. The molecule has 0 aliphatic heterocycles. The molecule has 0 aliphatic carbocycles. The SMILES string of the molecule is CCCCCCCCCCCCCCCC(=O)OCCCSCC(NC(C)=O)C(=O)NC(CO)C(=O)OC. The number of hydrogen-bond donors (Lipinski definition) is 3. The van der Waals surface area contributed by atoms with Crippen molar-refractivity contribution in [1.29, 1.82) is 0 Å². The lowest BCUT2D eigenvalue weighted by Gasteiger charge is -2.20. The molecule has 0 spiro atoms. The molecule has 0 aromatic rings. The first-order chi connectivity index (χ1) is 18.3. The number of thioether (sulfide) groups is 1. The molecule has 0 rings (SSSR count). The third-order valence-corrected chi connectivity index (χ3v) is 7.29. The van der Waals surface area contributed by atoms with Gasteiger partial charge in [0.05, 0.1) is 20.3 Å². The Balaban J connectivity index is 3.81. The third-order valence-electron chi connectivity index (χ3n) is 6.14. The molecule has 0 radical (unpaired) electrons. The van der Waals surface area contributed by atoms with Crippen LogP contribution in [0.5, 0.6) is 0 Å². The van der Waals surface area contributed by atoms with E-state index in [-0.39, 0.29) is 17.6 Å². The van der Waals surface area contributed by atoms with E-state index in [0.717, 1.165) is 20.0 Å². The quantitative estimate of drug-likeness (QED) is 0.111. The second-order valence-electron chi connectivity index (χ2n) is 9.66. The van der Waals surface area contributed by atoms with Crippen molar-refractivity contribution in [2.45, 2.75) is 122 Å². The Morgan fingerprint density at radius 3 is 1.84 bits per heavy atom. The standard InChI is InChI=1S/C28H52N2O7S/c1-4-5-6-7-8-9-10-11-12-13-14-15-16-18-26(33)37-19-17-20-38-22-25(29-23(2)32)27(34)30-24(21-31)28(35)36-3/h24-25,31H,4-22H2,1-3H3,(H,29,32)(H,30,34). The lowest BCUT2D eigenvalue weighted by Crippen LogP contribution is -2.53. The van der Waals surface area contributed by atoms with Crippen LogP contribution in [0.25, 0.3) is 0 Å². The highest BCUT2D eigenvalue weighted by Gasteiger charge is 2.26. The number of aliphatic hydroxyl groups is 1. The summed E-state index contributed by atoms with van der Waals surface area (Å²) in [5, 5.41) is 14.2. The van der Waals surface area contributed by atoms with Crippen molar-refractivity contribution in [3.8, 4) is 0 Å². The maximum absolute atomic E-state index is 12.4. The number of carbonyl (C=O) groups excluding carboxylic acids is 4. The number of carbonyl (C=O) groups is 4. The van der Waals surface area contributed by atoms with E-state index in [1.54, 1.807) is 0 Å². The third kappa shape index (κ3) is 21.2. The molecule has 0 saturated carbocycles. The predicted octanol–water partition coefficient (Wildman–Crippen LogP) is 4.29. The van der Waals surface area contributed by atoms with E-state index in [4.69, 9.17) is 4.74 Å². The van der Waals surface area contributed by atoms with Gasteiger partial charge >= 0.3 is 11.9 Å². The Morgan fingerprint density at radius 1 is 0.789 bits per heavy atom. The van der Waals surface area contributed by atoms with Crippen LogP contribution in [0.1, 0.15) is 110 Å². The fourth-order valence-corrected chi connectivity index (χ4v) is 4.89. The fraction of sp³-hybridized carbons (Fsp3) is 0.857. The number of methoxy groups -OCH3 is 1. The smallest absolute Gasteiger partial charge is 0.330 e. The second-order valence-corrected chi connectivity index (χ2v) is 10.8. The van der Waals surface area contributed by atoms with Crippen LogP contribution < -0.4 is 10.6 Å². The van der Waals surface area contributed by atoms with Crippen LogP contribution in [0.2, 0.25) is 0 Å². The average Bonchev–Trinajstić information content (AvgIpc) is 2.90. The van der Waals surface area contributed by atoms with Gasteiger partial charge in [0, 0.05) is 19.1 Å². The number of amides is 2. The molecule has 9 nitrogen and oxygen atoms in total. The van der Waals surface area contributed by atoms with Crippen molar-refractivity contribution in [2.75, 3.05) is 31.8 Å². The molecule has 222 valence electrons. The summed E-state index contributed by atoms with van der Waals surface area (Å²) in [7, 11) is 1.16. The lowest BCUT2D eigenvalue weighted by molar-refractivity contribution is -0.146. The highest BCUT2D eigenvalue weighted by molar-refractivity contribution is 7.99. The van der Waals surface area contributed by atoms with Gasteiger partial charge < -0.3 is 25.2 Å². The van der Waals surface area contributed by atoms with Gasteiger partial charge in [0.25, 0.3) is 0 Å². The molecule has 2 atom stereocenters. The minimum Gasteiger partial charge on any atom is -0.467 e. The lowest BCUT2D eigenvalue weighted by atomic mass is 10.0. The molecule has 0 heterocycles. The minimum atomic E-state index is -1.19. The van der Waals surface area contributed by atoms with Crippen LogP contribution in [0, 0.1) is 0 Å². The van der Waals surface area contributed by atoms with E-state index in [2.05, 4.69) is 22.3 Å². The summed E-state index contributed by atoms with van der Waals surface area (Å²) in [6.07, 6.45) is 17.5. The Kier molecular flexibility index (Phi) is 24.3. The predicted molar refractivity (Wildman–Crippen MR) is 152 cm³/mol. The van der Waals surface area contributed by atoms with Crippen molar-refractivity contribution in [1.82, 2.24) is 10.6 Å². The Labute approximate surface area is 233 Å². The van der Waals surface area contributed by atoms with Crippen molar-refractivity contribution >= 4 is 35.5 Å². The van der Waals surface area contributed by atoms with E-state index in [0.29, 0.717) is 25.2 Å². The summed E-state index contributed by atoms with van der Waals surface area (Å²) >= 11 is 1.42. The van der Waals surface area contributed by atoms with E-state index < -0.39 is 30.6 Å². The summed E-state index contributed by atoms with van der Waals surface area (Å²) in [4.78, 5) is 47.4. The number of aliphatic hydroxyl groups excluding tert-OH is 1. The van der Waals surface area contributed by atoms with Gasteiger partial charge in [-0.25, -0.2) is 4.79 Å². The normalized spacial score (nSPS) is 12.4. The molecule has 0 aliphatic rings. The molecule has 0 aromatic heterocycles. The van der Waals surface area contributed by atoms with Gasteiger partial charge in [-0.2, -0.15) is 11.8 Å². The van der Waals surface area contributed by atoms with E-state index in [9.17, 15) is 24.3 Å². The zero-order valence-electron chi connectivity index (χ0n) is 23.9. The molecule has 0 aromatic carbocycles. The van der Waals surface area contributed by atoms with E-state index in [1.165, 1.54) is 89.3 Å². The summed E-state index contributed by atoms with van der Waals surface area (Å²) < 4.78 is 9.83. The largest absolute Gasteiger partial charge is 0.467 e. The van der Waals surface area contributed by atoms with Gasteiger partial charge in [-0.15, -0.1) is 0 Å². The van der Waals surface area contributed by atoms with Crippen LogP contribution >= 0.6 is 11.8 Å². The summed E-state index contributed by atoms with van der Waals surface area (Å²) in [5.41, 5.74) is 0. The maximum atomic E-state index is 12.4. The van der Waals surface area contributed by atoms with Gasteiger partial charge in [-0.05, 0) is 18.6 Å². The molecule has 3 N–H and O–H groups in total. The molecule has 2 amide bonds. The molecule has 38 heavy (non-hydrogen) atoms. The number of unbranched alkanes of at least 4 members (excludes halogenated alkanes) is 12. The van der Waals surface area contributed by atoms with Crippen LogP contribution in [0.15, 0.2) is 0 Å². The first-order valence-electron chi connectivity index (χ1n) is 14.3. The molecular formula is C28H52N2O7S. The number of ether oxygens (including phenoxy) is 2. The Bertz CT molecular complexity index is 649. The zero-order valence-corrected chi connectivity index (χ0v) is 24.7. The number of esters is 2. The molecule has 0 fully saturated rings. The highest BCUT2D eigenvalue weighted by atomic mass is 32.2. The van der Waals surface area contributed by atoms with Crippen LogP contribution in [-0.2, 0) is 28.7 Å². The average molecular weight is 561 g/mol. The van der Waals surface area contributed by atoms with E-state index >= 15 is 0 Å². The number of nitrogens with one attached hydrogen (secondary N) is 2. The van der Waals surface area contributed by atoms with Crippen molar-refractivity contribution < 1.29 is 33.8 Å². The van der Waals surface area contributed by atoms with Gasteiger partial charge in [-0.3, -0.25) is 14.4 Å². The molecule has 0 bridgehead atoms. The summed E-state index contributed by atoms with van der Waals surface area (Å²) in [6.45, 7) is 3.25. The van der Waals surface area contributed by atoms with Gasteiger partial charge in [0.2, 0.25) is 11.8 Å². The fourth-order valence-electron chi connectivity index (χ4n) is 3.93. The van der Waals surface area contributed by atoms with Gasteiger partial charge in [0.15, 0.2) is 6.04 Å². The Morgan fingerprint density at radius 2 is 1.34 bits per heavy atom. The topological polar surface area (TPSA) is 131 Å². The van der Waals surface area contributed by atoms with Gasteiger partial charge in [0.1, 0.15) is 6.04 Å². The zero-order chi connectivity index (χ0) is 28.4. The second kappa shape index (κ2) is 25.5. The van der Waals surface area contributed by atoms with E-state index in [1.807, 2.05) is 0 Å². The van der Waals surface area contributed by atoms with Crippen LogP contribution in [-0.4, -0.2) is 72.8 Å². The number of rotatable bonds is 25.